The molecule has 0 aromatic heterocycles. The van der Waals surface area contributed by atoms with E-state index in [-0.39, 0.29) is 6.09 Å². The number of carbonyl (C=O) groups excluding carboxylic acids is 2. The Morgan fingerprint density at radius 2 is 1.76 bits per heavy atom. The first-order valence-corrected chi connectivity index (χ1v) is 6.24. The highest BCUT2D eigenvalue weighted by Gasteiger charge is 2.18. The average molecular weight is 243 g/mol. The Morgan fingerprint density at radius 3 is 2.29 bits per heavy atom. The van der Waals surface area contributed by atoms with Crippen LogP contribution in [0.3, 0.4) is 0 Å². The summed E-state index contributed by atoms with van der Waals surface area (Å²) >= 11 is 0. The number of ether oxygens (including phenoxy) is 1. The van der Waals surface area contributed by atoms with E-state index >= 15 is 0 Å². The second-order valence-electron chi connectivity index (χ2n) is 5.27. The van der Waals surface area contributed by atoms with Gasteiger partial charge in [-0.1, -0.05) is 12.8 Å². The zero-order chi connectivity index (χ0) is 13.3. The number of unbranched alkanes of at least 4 members (excludes halogenated alkanes) is 4. The molecule has 1 amide bonds. The monoisotopic (exact) mass is 243 g/mol. The van der Waals surface area contributed by atoms with Crippen LogP contribution in [0.5, 0.6) is 0 Å². The maximum absolute atomic E-state index is 11.6. The maximum atomic E-state index is 11.6. The van der Waals surface area contributed by atoms with Gasteiger partial charge in [0.2, 0.25) is 0 Å². The summed E-state index contributed by atoms with van der Waals surface area (Å²) in [6, 6.07) is 0. The van der Waals surface area contributed by atoms with Crippen LogP contribution in [0.4, 0.5) is 4.79 Å². The van der Waals surface area contributed by atoms with E-state index in [0.717, 1.165) is 32.0 Å². The van der Waals surface area contributed by atoms with Gasteiger partial charge in [-0.25, -0.2) is 4.79 Å². The lowest BCUT2D eigenvalue weighted by atomic mass is 10.1. The van der Waals surface area contributed by atoms with Crippen molar-refractivity contribution >= 4 is 12.4 Å². The summed E-state index contributed by atoms with van der Waals surface area (Å²) in [6.07, 6.45) is 5.30. The first-order chi connectivity index (χ1) is 7.87. The van der Waals surface area contributed by atoms with E-state index < -0.39 is 5.60 Å². The van der Waals surface area contributed by atoms with Crippen molar-refractivity contribution < 1.29 is 14.3 Å². The van der Waals surface area contributed by atoms with Crippen LogP contribution in [-0.4, -0.2) is 36.5 Å². The van der Waals surface area contributed by atoms with Crippen LogP contribution in [0.25, 0.3) is 0 Å². The fourth-order valence-electron chi connectivity index (χ4n) is 1.36. The quantitative estimate of drug-likeness (QED) is 0.510. The van der Waals surface area contributed by atoms with Gasteiger partial charge in [0.05, 0.1) is 0 Å². The van der Waals surface area contributed by atoms with Gasteiger partial charge in [0, 0.05) is 20.0 Å². The van der Waals surface area contributed by atoms with Gasteiger partial charge < -0.3 is 14.4 Å². The number of rotatable bonds is 7. The molecule has 0 unspecified atom stereocenters. The smallest absolute Gasteiger partial charge is 0.410 e. The summed E-state index contributed by atoms with van der Waals surface area (Å²) in [5, 5.41) is 0. The molecule has 0 bridgehead atoms. The number of hydrogen-bond acceptors (Lipinski definition) is 3. The predicted molar refractivity (Wildman–Crippen MR) is 68.0 cm³/mol. The summed E-state index contributed by atoms with van der Waals surface area (Å²) in [7, 11) is 1.75. The third kappa shape index (κ3) is 9.85. The van der Waals surface area contributed by atoms with Crippen molar-refractivity contribution in [1.82, 2.24) is 4.90 Å². The second-order valence-corrected chi connectivity index (χ2v) is 5.27. The molecule has 4 heteroatoms. The predicted octanol–water partition coefficient (Wildman–Crippen LogP) is 3.00. The summed E-state index contributed by atoms with van der Waals surface area (Å²) in [5.41, 5.74) is -0.435. The molecule has 0 aliphatic carbocycles. The molecule has 0 N–H and O–H groups in total. The van der Waals surface area contributed by atoms with E-state index in [1.807, 2.05) is 20.8 Å². The molecule has 17 heavy (non-hydrogen) atoms. The second kappa shape index (κ2) is 8.09. The van der Waals surface area contributed by atoms with Gasteiger partial charge in [-0.15, -0.1) is 0 Å². The van der Waals surface area contributed by atoms with E-state index in [4.69, 9.17) is 4.74 Å². The molecule has 0 aliphatic heterocycles. The Bertz CT molecular complexity index is 233. The Labute approximate surface area is 104 Å². The van der Waals surface area contributed by atoms with Gasteiger partial charge in [0.25, 0.3) is 0 Å². The lowest BCUT2D eigenvalue weighted by molar-refractivity contribution is -0.107. The highest BCUT2D eigenvalue weighted by Crippen LogP contribution is 2.10. The lowest BCUT2D eigenvalue weighted by Gasteiger charge is -2.24. The minimum absolute atomic E-state index is 0.273. The van der Waals surface area contributed by atoms with Crippen molar-refractivity contribution in [3.05, 3.63) is 0 Å². The molecule has 0 saturated carbocycles. The van der Waals surface area contributed by atoms with Crippen LogP contribution in [0.1, 0.15) is 52.9 Å². The molecule has 0 spiro atoms. The molecule has 0 aliphatic rings. The Morgan fingerprint density at radius 1 is 1.18 bits per heavy atom. The SMILES string of the molecule is CN(CCCCCCC=O)C(=O)OC(C)(C)C. The highest BCUT2D eigenvalue weighted by atomic mass is 16.6. The summed E-state index contributed by atoms with van der Waals surface area (Å²) in [6.45, 7) is 6.28. The highest BCUT2D eigenvalue weighted by molar-refractivity contribution is 5.67. The van der Waals surface area contributed by atoms with Crippen molar-refractivity contribution in [3.63, 3.8) is 0 Å². The van der Waals surface area contributed by atoms with Crippen molar-refractivity contribution in [2.24, 2.45) is 0 Å². The summed E-state index contributed by atoms with van der Waals surface area (Å²) in [4.78, 5) is 23.3. The van der Waals surface area contributed by atoms with E-state index in [1.54, 1.807) is 11.9 Å². The van der Waals surface area contributed by atoms with E-state index in [2.05, 4.69) is 0 Å². The zero-order valence-electron chi connectivity index (χ0n) is 11.5. The van der Waals surface area contributed by atoms with Crippen molar-refractivity contribution in [2.75, 3.05) is 13.6 Å². The van der Waals surface area contributed by atoms with Crippen molar-refractivity contribution in [3.8, 4) is 0 Å². The van der Waals surface area contributed by atoms with Crippen molar-refractivity contribution in [2.45, 2.75) is 58.5 Å². The zero-order valence-corrected chi connectivity index (χ0v) is 11.5. The molecule has 0 fully saturated rings. The number of hydrogen-bond donors (Lipinski definition) is 0. The fourth-order valence-corrected chi connectivity index (χ4v) is 1.36. The molecule has 4 nitrogen and oxygen atoms in total. The molecule has 0 heterocycles. The summed E-state index contributed by atoms with van der Waals surface area (Å²) < 4.78 is 5.24. The topological polar surface area (TPSA) is 46.6 Å². The van der Waals surface area contributed by atoms with Gasteiger partial charge >= 0.3 is 6.09 Å². The van der Waals surface area contributed by atoms with Crippen LogP contribution in [0.15, 0.2) is 0 Å². The van der Waals surface area contributed by atoms with E-state index in [9.17, 15) is 9.59 Å². The largest absolute Gasteiger partial charge is 0.444 e. The van der Waals surface area contributed by atoms with Gasteiger partial charge in [0.1, 0.15) is 11.9 Å². The van der Waals surface area contributed by atoms with E-state index in [0.29, 0.717) is 13.0 Å². The maximum Gasteiger partial charge on any atom is 0.410 e. The first-order valence-electron chi connectivity index (χ1n) is 6.24. The minimum Gasteiger partial charge on any atom is -0.444 e. The van der Waals surface area contributed by atoms with Gasteiger partial charge in [-0.2, -0.15) is 0 Å². The molecule has 100 valence electrons. The van der Waals surface area contributed by atoms with E-state index in [1.165, 1.54) is 0 Å². The van der Waals surface area contributed by atoms with Gasteiger partial charge in [0.15, 0.2) is 0 Å². The molecule has 0 atom stereocenters. The molecular formula is C13H25NO3. The van der Waals surface area contributed by atoms with Crippen molar-refractivity contribution in [1.29, 1.82) is 0 Å². The van der Waals surface area contributed by atoms with Crippen LogP contribution in [-0.2, 0) is 9.53 Å². The van der Waals surface area contributed by atoms with Gasteiger partial charge in [-0.05, 0) is 33.6 Å². The third-order valence-corrected chi connectivity index (χ3v) is 2.27. The average Bonchev–Trinajstić information content (AvgIpc) is 2.20. The van der Waals surface area contributed by atoms with Crippen LogP contribution >= 0.6 is 0 Å². The number of aldehydes is 1. The van der Waals surface area contributed by atoms with Gasteiger partial charge in [-0.3, -0.25) is 0 Å². The standard InChI is InChI=1S/C13H25NO3/c1-13(2,3)17-12(16)14(4)10-8-6-5-7-9-11-15/h11H,5-10H2,1-4H3. The number of amides is 1. The number of carbonyl (C=O) groups is 2. The fraction of sp³-hybridized carbons (Fsp3) is 0.846. The Hall–Kier alpha value is -1.06. The first kappa shape index (κ1) is 15.9. The molecule has 0 rings (SSSR count). The molecule has 0 saturated heterocycles. The molecule has 0 radical (unpaired) electrons. The summed E-state index contributed by atoms with van der Waals surface area (Å²) in [5.74, 6) is 0. The van der Waals surface area contributed by atoms with Crippen LogP contribution in [0, 0.1) is 0 Å². The Kier molecular flexibility index (Phi) is 7.59. The minimum atomic E-state index is -0.435. The lowest BCUT2D eigenvalue weighted by Crippen LogP contribution is -2.34. The third-order valence-electron chi connectivity index (χ3n) is 2.27. The molecule has 0 aromatic rings. The number of nitrogens with zero attached hydrogens (tertiary/aromatic N) is 1. The van der Waals surface area contributed by atoms with Crippen LogP contribution in [0.2, 0.25) is 0 Å². The van der Waals surface area contributed by atoms with Crippen LogP contribution < -0.4 is 0 Å². The Balaban J connectivity index is 3.61. The molecular weight excluding hydrogens is 218 g/mol. The molecule has 0 aromatic carbocycles. The normalized spacial score (nSPS) is 11.1.